The fourth-order valence-corrected chi connectivity index (χ4v) is 3.16. The molecule has 0 unspecified atom stereocenters. The molecule has 7 nitrogen and oxygen atoms in total. The highest BCUT2D eigenvalue weighted by Gasteiger charge is 2.15. The second-order valence-electron chi connectivity index (χ2n) is 6.52. The lowest BCUT2D eigenvalue weighted by Crippen LogP contribution is -2.25. The largest absolute Gasteiger partial charge is 0.382 e. The van der Waals surface area contributed by atoms with E-state index in [4.69, 9.17) is 11.0 Å². The average molecular weight is 362 g/mol. The Hall–Kier alpha value is -3.40. The lowest BCUT2D eigenvalue weighted by Gasteiger charge is -2.11. The number of nitriles is 1. The lowest BCUT2D eigenvalue weighted by molar-refractivity contribution is 0.0952. The topological polar surface area (TPSA) is 110 Å². The maximum atomic E-state index is 12.2. The van der Waals surface area contributed by atoms with E-state index in [-0.39, 0.29) is 5.91 Å². The number of rotatable bonds is 5. The molecule has 0 atom stereocenters. The van der Waals surface area contributed by atoms with E-state index >= 15 is 0 Å². The number of benzene rings is 1. The smallest absolute Gasteiger partial charge is 0.251 e. The first-order valence-electron chi connectivity index (χ1n) is 8.80. The number of nitrogens with one attached hydrogen (secondary N) is 1. The van der Waals surface area contributed by atoms with E-state index < -0.39 is 0 Å². The Bertz CT molecular complexity index is 1060. The number of imidazole rings is 1. The first-order valence-corrected chi connectivity index (χ1v) is 8.80. The standard InChI is InChI=1S/C20H22N6O/c1-12-13(2)24-19(22)17-18(12)26(14(3)25-17)9-5-8-23-20(27)16-7-4-6-15(10-16)11-21/h4,6-7,10H,5,8-9H2,1-3H3,(H2,22,24)(H,23,27). The molecule has 0 bridgehead atoms. The van der Waals surface area contributed by atoms with Crippen LogP contribution in [0.1, 0.15) is 39.4 Å². The van der Waals surface area contributed by atoms with E-state index in [9.17, 15) is 4.79 Å². The van der Waals surface area contributed by atoms with Crippen molar-refractivity contribution in [2.75, 3.05) is 12.3 Å². The summed E-state index contributed by atoms with van der Waals surface area (Å²) < 4.78 is 2.12. The van der Waals surface area contributed by atoms with Gasteiger partial charge in [-0.25, -0.2) is 9.97 Å². The molecule has 0 aliphatic heterocycles. The summed E-state index contributed by atoms with van der Waals surface area (Å²) in [4.78, 5) is 21.1. The van der Waals surface area contributed by atoms with Gasteiger partial charge in [0.15, 0.2) is 5.82 Å². The van der Waals surface area contributed by atoms with Gasteiger partial charge in [-0.1, -0.05) is 6.07 Å². The Balaban J connectivity index is 1.68. The van der Waals surface area contributed by atoms with Gasteiger partial charge in [-0.3, -0.25) is 4.79 Å². The zero-order valence-electron chi connectivity index (χ0n) is 15.7. The number of amides is 1. The van der Waals surface area contributed by atoms with Crippen molar-refractivity contribution in [3.8, 4) is 6.07 Å². The lowest BCUT2D eigenvalue weighted by atomic mass is 10.1. The first kappa shape index (κ1) is 18.4. The highest BCUT2D eigenvalue weighted by atomic mass is 16.1. The van der Waals surface area contributed by atoms with Crippen molar-refractivity contribution in [1.82, 2.24) is 19.9 Å². The van der Waals surface area contributed by atoms with E-state index in [2.05, 4.69) is 19.9 Å². The number of pyridine rings is 1. The van der Waals surface area contributed by atoms with Crippen molar-refractivity contribution < 1.29 is 4.79 Å². The van der Waals surface area contributed by atoms with Gasteiger partial charge in [0.05, 0.1) is 17.1 Å². The van der Waals surface area contributed by atoms with E-state index in [1.807, 2.05) is 26.8 Å². The van der Waals surface area contributed by atoms with Crippen LogP contribution in [-0.4, -0.2) is 27.0 Å². The number of aromatic nitrogens is 3. The second kappa shape index (κ2) is 7.46. The van der Waals surface area contributed by atoms with Gasteiger partial charge in [-0.15, -0.1) is 0 Å². The minimum Gasteiger partial charge on any atom is -0.382 e. The molecule has 3 aromatic rings. The molecule has 3 rings (SSSR count). The molecule has 1 aromatic carbocycles. The summed E-state index contributed by atoms with van der Waals surface area (Å²) in [5.41, 5.74) is 10.7. The minimum atomic E-state index is -0.181. The van der Waals surface area contributed by atoms with Crippen LogP contribution in [0, 0.1) is 32.1 Å². The molecule has 27 heavy (non-hydrogen) atoms. The number of nitrogen functional groups attached to an aromatic ring is 1. The zero-order chi connectivity index (χ0) is 19.6. The molecule has 0 aliphatic carbocycles. The third-order valence-electron chi connectivity index (χ3n) is 4.69. The van der Waals surface area contributed by atoms with E-state index in [1.165, 1.54) is 0 Å². The van der Waals surface area contributed by atoms with Crippen molar-refractivity contribution in [2.24, 2.45) is 0 Å². The highest BCUT2D eigenvalue weighted by molar-refractivity contribution is 5.94. The van der Waals surface area contributed by atoms with Gasteiger partial charge in [-0.2, -0.15) is 5.26 Å². The van der Waals surface area contributed by atoms with Gasteiger partial charge < -0.3 is 15.6 Å². The van der Waals surface area contributed by atoms with Gasteiger partial charge in [-0.05, 0) is 51.0 Å². The van der Waals surface area contributed by atoms with Crippen LogP contribution in [0.3, 0.4) is 0 Å². The first-order chi connectivity index (χ1) is 12.9. The third kappa shape index (κ3) is 3.60. The van der Waals surface area contributed by atoms with Gasteiger partial charge in [0.1, 0.15) is 11.3 Å². The van der Waals surface area contributed by atoms with Crippen molar-refractivity contribution in [3.05, 3.63) is 52.5 Å². The number of hydrogen-bond donors (Lipinski definition) is 2. The summed E-state index contributed by atoms with van der Waals surface area (Å²) in [6.45, 7) is 7.14. The molecule has 1 amide bonds. The van der Waals surface area contributed by atoms with Crippen LogP contribution in [-0.2, 0) is 6.54 Å². The normalized spacial score (nSPS) is 10.7. The summed E-state index contributed by atoms with van der Waals surface area (Å²) in [6.07, 6.45) is 0.747. The molecular weight excluding hydrogens is 340 g/mol. The molecule has 0 aliphatic rings. The molecule has 0 radical (unpaired) electrons. The molecule has 138 valence electrons. The molecule has 7 heteroatoms. The minimum absolute atomic E-state index is 0.181. The average Bonchev–Trinajstić information content (AvgIpc) is 3.00. The summed E-state index contributed by atoms with van der Waals surface area (Å²) in [5, 5.41) is 11.8. The Morgan fingerprint density at radius 1 is 1.30 bits per heavy atom. The van der Waals surface area contributed by atoms with Crippen molar-refractivity contribution in [3.63, 3.8) is 0 Å². The molecule has 3 N–H and O–H groups in total. The van der Waals surface area contributed by atoms with Crippen LogP contribution in [0.4, 0.5) is 5.82 Å². The third-order valence-corrected chi connectivity index (χ3v) is 4.69. The SMILES string of the molecule is Cc1nc(N)c2nc(C)n(CCCNC(=O)c3cccc(C#N)c3)c2c1C. The quantitative estimate of drug-likeness (QED) is 0.678. The Labute approximate surface area is 157 Å². The second-order valence-corrected chi connectivity index (χ2v) is 6.52. The maximum Gasteiger partial charge on any atom is 0.251 e. The maximum absolute atomic E-state index is 12.2. The predicted octanol–water partition coefficient (Wildman–Crippen LogP) is 2.63. The number of nitrogens with two attached hydrogens (primary N) is 1. The molecule has 0 saturated carbocycles. The summed E-state index contributed by atoms with van der Waals surface area (Å²) >= 11 is 0. The van der Waals surface area contributed by atoms with Gasteiger partial charge in [0.2, 0.25) is 0 Å². The number of anilines is 1. The van der Waals surface area contributed by atoms with Gasteiger partial charge >= 0.3 is 0 Å². The molecule has 0 fully saturated rings. The summed E-state index contributed by atoms with van der Waals surface area (Å²) in [6, 6.07) is 8.71. The Morgan fingerprint density at radius 3 is 2.81 bits per heavy atom. The summed E-state index contributed by atoms with van der Waals surface area (Å²) in [7, 11) is 0. The van der Waals surface area contributed by atoms with Crippen LogP contribution in [0.2, 0.25) is 0 Å². The van der Waals surface area contributed by atoms with E-state index in [0.717, 1.165) is 34.5 Å². The van der Waals surface area contributed by atoms with Crippen LogP contribution in [0.25, 0.3) is 11.0 Å². The van der Waals surface area contributed by atoms with Crippen molar-refractivity contribution >= 4 is 22.8 Å². The van der Waals surface area contributed by atoms with Gasteiger partial charge in [0, 0.05) is 24.3 Å². The van der Waals surface area contributed by atoms with E-state index in [1.54, 1.807) is 24.3 Å². The number of carbonyl (C=O) groups is 1. The Kier molecular flexibility index (Phi) is 5.08. The molecule has 0 spiro atoms. The van der Waals surface area contributed by atoms with E-state index in [0.29, 0.717) is 30.0 Å². The van der Waals surface area contributed by atoms with Crippen LogP contribution < -0.4 is 11.1 Å². The van der Waals surface area contributed by atoms with Crippen LogP contribution in [0.15, 0.2) is 24.3 Å². The zero-order valence-corrected chi connectivity index (χ0v) is 15.7. The Morgan fingerprint density at radius 2 is 2.07 bits per heavy atom. The van der Waals surface area contributed by atoms with Crippen LogP contribution in [0.5, 0.6) is 0 Å². The highest BCUT2D eigenvalue weighted by Crippen LogP contribution is 2.25. The molecule has 0 saturated heterocycles. The van der Waals surface area contributed by atoms with Crippen molar-refractivity contribution in [1.29, 1.82) is 5.26 Å². The number of hydrogen-bond acceptors (Lipinski definition) is 5. The number of nitrogens with zero attached hydrogens (tertiary/aromatic N) is 4. The fraction of sp³-hybridized carbons (Fsp3) is 0.300. The number of fused-ring (bicyclic) bond motifs is 1. The molecule has 2 heterocycles. The predicted molar refractivity (Wildman–Crippen MR) is 104 cm³/mol. The fourth-order valence-electron chi connectivity index (χ4n) is 3.16. The number of aryl methyl sites for hydroxylation is 4. The number of carbonyl (C=O) groups excluding carboxylic acids is 1. The molecule has 2 aromatic heterocycles. The molecular formula is C20H22N6O. The summed E-state index contributed by atoms with van der Waals surface area (Å²) in [5.74, 6) is 1.14. The van der Waals surface area contributed by atoms with Crippen molar-refractivity contribution in [2.45, 2.75) is 33.7 Å². The van der Waals surface area contributed by atoms with Crippen LogP contribution >= 0.6 is 0 Å². The monoisotopic (exact) mass is 362 g/mol. The van der Waals surface area contributed by atoms with Gasteiger partial charge in [0.25, 0.3) is 5.91 Å².